The van der Waals surface area contributed by atoms with E-state index in [-0.39, 0.29) is 5.41 Å². The molecule has 0 aliphatic heterocycles. The first-order chi connectivity index (χ1) is 27.2. The molecule has 0 N–H and O–H groups in total. The van der Waals surface area contributed by atoms with E-state index in [2.05, 4.69) is 219 Å². The molecule has 55 heavy (non-hydrogen) atoms. The van der Waals surface area contributed by atoms with Crippen LogP contribution in [0.15, 0.2) is 200 Å². The van der Waals surface area contributed by atoms with Crippen molar-refractivity contribution in [3.8, 4) is 33.4 Å². The number of rotatable bonds is 8. The lowest BCUT2D eigenvalue weighted by molar-refractivity contribution is 0.490. The lowest BCUT2D eigenvalue weighted by atomic mass is 9.67. The van der Waals surface area contributed by atoms with Crippen molar-refractivity contribution < 1.29 is 0 Å². The van der Waals surface area contributed by atoms with E-state index in [4.69, 9.17) is 0 Å². The molecular formula is C54H43N. The Morgan fingerprint density at radius 3 is 1.49 bits per heavy atom. The second kappa shape index (κ2) is 13.1. The first-order valence-corrected chi connectivity index (χ1v) is 19.7. The van der Waals surface area contributed by atoms with Crippen LogP contribution in [0.5, 0.6) is 0 Å². The van der Waals surface area contributed by atoms with Crippen LogP contribution < -0.4 is 4.90 Å². The molecule has 8 aromatic rings. The highest BCUT2D eigenvalue weighted by atomic mass is 15.1. The van der Waals surface area contributed by atoms with Crippen LogP contribution in [-0.4, -0.2) is 0 Å². The van der Waals surface area contributed by atoms with Crippen LogP contribution in [-0.2, 0) is 10.8 Å². The Balaban J connectivity index is 1.21. The van der Waals surface area contributed by atoms with Crippen LogP contribution >= 0.6 is 0 Å². The van der Waals surface area contributed by atoms with Crippen molar-refractivity contribution in [2.75, 3.05) is 4.90 Å². The molecule has 0 saturated carbocycles. The summed E-state index contributed by atoms with van der Waals surface area (Å²) in [6.45, 7) is 4.73. The molecule has 8 aromatic carbocycles. The van der Waals surface area contributed by atoms with Crippen LogP contribution in [0.1, 0.15) is 60.1 Å². The van der Waals surface area contributed by atoms with Crippen molar-refractivity contribution in [1.82, 2.24) is 0 Å². The molecule has 2 aliphatic rings. The van der Waals surface area contributed by atoms with Gasteiger partial charge in [0.1, 0.15) is 0 Å². The minimum Gasteiger partial charge on any atom is -0.310 e. The standard InChI is InChI=1S/C54H43N/c1-3-53(4-2)49-31-19-29-44(38-20-9-5-10-21-38)52(49)47-35-33-42(36-50(47)53)55(41-26-15-8-16-27-41)43-32-34-46-45-28-17-18-30-48(45)54(51(46)37-43,39-22-11-6-12-23-39)40-24-13-7-14-25-40/h5-37H,3-4H2,1-2H3. The molecule has 2 aliphatic carbocycles. The van der Waals surface area contributed by atoms with Crippen molar-refractivity contribution in [2.45, 2.75) is 37.5 Å². The van der Waals surface area contributed by atoms with Crippen LogP contribution in [0.2, 0.25) is 0 Å². The van der Waals surface area contributed by atoms with Gasteiger partial charge in [0, 0.05) is 22.5 Å². The molecule has 0 saturated heterocycles. The van der Waals surface area contributed by atoms with Gasteiger partial charge in [0.25, 0.3) is 0 Å². The third kappa shape index (κ3) is 4.86. The zero-order valence-corrected chi connectivity index (χ0v) is 31.4. The molecule has 0 amide bonds. The molecule has 0 heterocycles. The molecule has 1 heteroatoms. The summed E-state index contributed by atoms with van der Waals surface area (Å²) in [6, 6.07) is 74.4. The number of nitrogens with zero attached hydrogens (tertiary/aromatic N) is 1. The fourth-order valence-electron chi connectivity index (χ4n) is 10.1. The SMILES string of the molecule is CCC1(CC)c2cc(N(c3ccccc3)c3ccc4c(c3)C(c3ccccc3)(c3ccccc3)c3ccccc3-4)ccc2-c2c(-c3ccccc3)cccc21. The predicted octanol–water partition coefficient (Wildman–Crippen LogP) is 14.3. The largest absolute Gasteiger partial charge is 0.310 e. The van der Waals surface area contributed by atoms with Gasteiger partial charge < -0.3 is 4.90 Å². The summed E-state index contributed by atoms with van der Waals surface area (Å²) < 4.78 is 0. The zero-order valence-electron chi connectivity index (χ0n) is 31.4. The van der Waals surface area contributed by atoms with Crippen LogP contribution in [0.4, 0.5) is 17.1 Å². The van der Waals surface area contributed by atoms with Gasteiger partial charge in [-0.2, -0.15) is 0 Å². The fourth-order valence-corrected chi connectivity index (χ4v) is 10.1. The van der Waals surface area contributed by atoms with Crippen molar-refractivity contribution in [3.63, 3.8) is 0 Å². The molecule has 1 nitrogen and oxygen atoms in total. The number of fused-ring (bicyclic) bond motifs is 6. The third-order valence-electron chi connectivity index (χ3n) is 12.6. The van der Waals surface area contributed by atoms with Gasteiger partial charge in [0.15, 0.2) is 0 Å². The van der Waals surface area contributed by atoms with Gasteiger partial charge in [-0.3, -0.25) is 0 Å². The zero-order chi connectivity index (χ0) is 37.0. The lowest BCUT2D eigenvalue weighted by Crippen LogP contribution is -2.28. The topological polar surface area (TPSA) is 3.24 Å². The predicted molar refractivity (Wildman–Crippen MR) is 231 cm³/mol. The van der Waals surface area contributed by atoms with Crippen molar-refractivity contribution >= 4 is 17.1 Å². The minimum absolute atomic E-state index is 0.0802. The first kappa shape index (κ1) is 33.2. The lowest BCUT2D eigenvalue weighted by Gasteiger charge is -2.35. The highest BCUT2D eigenvalue weighted by Gasteiger charge is 2.46. The van der Waals surface area contributed by atoms with Crippen molar-refractivity contribution in [2.24, 2.45) is 0 Å². The van der Waals surface area contributed by atoms with Gasteiger partial charge in [-0.1, -0.05) is 178 Å². The summed E-state index contributed by atoms with van der Waals surface area (Å²) in [4.78, 5) is 2.47. The van der Waals surface area contributed by atoms with E-state index in [1.165, 1.54) is 72.4 Å². The number of hydrogen-bond acceptors (Lipinski definition) is 1. The Bertz CT molecular complexity index is 2620. The highest BCUT2D eigenvalue weighted by molar-refractivity contribution is 5.95. The smallest absolute Gasteiger partial charge is 0.0714 e. The Morgan fingerprint density at radius 2 is 0.855 bits per heavy atom. The van der Waals surface area contributed by atoms with Crippen molar-refractivity contribution in [1.29, 1.82) is 0 Å². The minimum atomic E-state index is -0.472. The van der Waals surface area contributed by atoms with E-state index in [1.54, 1.807) is 0 Å². The van der Waals surface area contributed by atoms with Gasteiger partial charge >= 0.3 is 0 Å². The molecule has 0 radical (unpaired) electrons. The summed E-state index contributed by atoms with van der Waals surface area (Å²) in [5.41, 5.74) is 18.9. The highest BCUT2D eigenvalue weighted by Crippen LogP contribution is 2.59. The Morgan fingerprint density at radius 1 is 0.364 bits per heavy atom. The maximum absolute atomic E-state index is 2.51. The average Bonchev–Trinajstić information content (AvgIpc) is 3.72. The summed E-state index contributed by atoms with van der Waals surface area (Å²) in [6.07, 6.45) is 2.06. The summed E-state index contributed by atoms with van der Waals surface area (Å²) in [7, 11) is 0. The molecule has 10 rings (SSSR count). The average molecular weight is 706 g/mol. The second-order valence-electron chi connectivity index (χ2n) is 15.0. The van der Waals surface area contributed by atoms with Crippen LogP contribution in [0.25, 0.3) is 33.4 Å². The Kier molecular flexibility index (Phi) is 7.92. The second-order valence-corrected chi connectivity index (χ2v) is 15.0. The van der Waals surface area contributed by atoms with Crippen LogP contribution in [0, 0.1) is 0 Å². The van der Waals surface area contributed by atoms with Gasteiger partial charge in [-0.15, -0.1) is 0 Å². The van der Waals surface area contributed by atoms with Crippen LogP contribution in [0.3, 0.4) is 0 Å². The number of anilines is 3. The number of para-hydroxylation sites is 1. The molecule has 0 aromatic heterocycles. The molecule has 0 unspecified atom stereocenters. The molecule has 0 spiro atoms. The Hall–Kier alpha value is -6.44. The molecule has 0 fully saturated rings. The molecule has 0 bridgehead atoms. The maximum Gasteiger partial charge on any atom is 0.0714 e. The number of benzene rings is 8. The maximum atomic E-state index is 2.51. The fraction of sp³-hybridized carbons (Fsp3) is 0.111. The first-order valence-electron chi connectivity index (χ1n) is 19.7. The van der Waals surface area contributed by atoms with E-state index in [1.807, 2.05) is 0 Å². The Labute approximate surface area is 325 Å². The molecular weight excluding hydrogens is 663 g/mol. The summed E-state index contributed by atoms with van der Waals surface area (Å²) in [5.74, 6) is 0. The van der Waals surface area contributed by atoms with E-state index < -0.39 is 5.41 Å². The quantitative estimate of drug-likeness (QED) is 0.152. The van der Waals surface area contributed by atoms with E-state index in [0.29, 0.717) is 0 Å². The van der Waals surface area contributed by atoms with E-state index in [9.17, 15) is 0 Å². The summed E-state index contributed by atoms with van der Waals surface area (Å²) in [5, 5.41) is 0. The van der Waals surface area contributed by atoms with Gasteiger partial charge in [-0.25, -0.2) is 0 Å². The van der Waals surface area contributed by atoms with E-state index >= 15 is 0 Å². The monoisotopic (exact) mass is 705 g/mol. The van der Waals surface area contributed by atoms with E-state index in [0.717, 1.165) is 24.2 Å². The van der Waals surface area contributed by atoms with Gasteiger partial charge in [-0.05, 0) is 116 Å². The summed E-state index contributed by atoms with van der Waals surface area (Å²) >= 11 is 0. The van der Waals surface area contributed by atoms with Gasteiger partial charge in [0.05, 0.1) is 5.41 Å². The van der Waals surface area contributed by atoms with Gasteiger partial charge in [0.2, 0.25) is 0 Å². The van der Waals surface area contributed by atoms with Crippen molar-refractivity contribution in [3.05, 3.63) is 234 Å². The number of hydrogen-bond donors (Lipinski definition) is 0. The third-order valence-corrected chi connectivity index (χ3v) is 12.6. The molecule has 0 atom stereocenters. The molecule has 264 valence electrons. The normalized spacial score (nSPS) is 14.1.